The van der Waals surface area contributed by atoms with Crippen molar-refractivity contribution in [1.82, 2.24) is 9.97 Å². The van der Waals surface area contributed by atoms with E-state index >= 15 is 0 Å². The molecule has 1 aromatic heterocycles. The second-order valence-electron chi connectivity index (χ2n) is 3.48. The zero-order valence-corrected chi connectivity index (χ0v) is 12.6. The molecule has 8 heteroatoms. The quantitative estimate of drug-likeness (QED) is 0.781. The average Bonchev–Trinajstić information content (AvgIpc) is 2.37. The molecule has 0 radical (unpaired) electrons. The maximum Gasteiger partial charge on any atom is 0.265 e. The molecule has 2 aromatic rings. The van der Waals surface area contributed by atoms with Crippen LogP contribution in [-0.2, 0) is 15.7 Å². The molecule has 1 heterocycles. The topological polar surface area (TPSA) is 69.2 Å². The summed E-state index contributed by atoms with van der Waals surface area (Å²) in [7, 11) is 1.47. The molecule has 0 bridgehead atoms. The van der Waals surface area contributed by atoms with Crippen molar-refractivity contribution in [2.75, 3.05) is 0 Å². The van der Waals surface area contributed by atoms with Gasteiger partial charge in [-0.1, -0.05) is 15.9 Å². The predicted octanol–water partition coefficient (Wildman–Crippen LogP) is 2.75. The standard InChI is InChI=1S/C11H8BrClN2O3S/c12-8-2-3-9(10(6-8)19(13,16)17)18-7-11-14-4-1-5-15-11/h1-6H,7H2. The molecule has 0 spiro atoms. The van der Waals surface area contributed by atoms with Gasteiger partial charge in [0.1, 0.15) is 17.3 Å². The van der Waals surface area contributed by atoms with Gasteiger partial charge in [0.25, 0.3) is 9.05 Å². The van der Waals surface area contributed by atoms with Crippen LogP contribution in [0.2, 0.25) is 0 Å². The minimum absolute atomic E-state index is 0.0574. The number of halogens is 2. The van der Waals surface area contributed by atoms with Crippen molar-refractivity contribution in [3.8, 4) is 5.75 Å². The number of hydrogen-bond donors (Lipinski definition) is 0. The minimum atomic E-state index is -3.88. The summed E-state index contributed by atoms with van der Waals surface area (Å²) in [6.45, 7) is 0.0574. The fourth-order valence-corrected chi connectivity index (χ4v) is 2.85. The highest BCUT2D eigenvalue weighted by Gasteiger charge is 2.17. The van der Waals surface area contributed by atoms with E-state index in [9.17, 15) is 8.42 Å². The van der Waals surface area contributed by atoms with E-state index in [1.54, 1.807) is 24.5 Å². The van der Waals surface area contributed by atoms with E-state index in [0.29, 0.717) is 10.3 Å². The second kappa shape index (κ2) is 5.85. The van der Waals surface area contributed by atoms with E-state index in [-0.39, 0.29) is 17.3 Å². The first-order valence-electron chi connectivity index (χ1n) is 5.10. The lowest BCUT2D eigenvalue weighted by atomic mass is 10.3. The van der Waals surface area contributed by atoms with Crippen LogP contribution in [0.25, 0.3) is 0 Å². The van der Waals surface area contributed by atoms with Gasteiger partial charge in [-0.05, 0) is 24.3 Å². The van der Waals surface area contributed by atoms with Crippen LogP contribution in [-0.4, -0.2) is 18.4 Å². The van der Waals surface area contributed by atoms with Crippen molar-refractivity contribution in [1.29, 1.82) is 0 Å². The number of hydrogen-bond acceptors (Lipinski definition) is 5. The highest BCUT2D eigenvalue weighted by molar-refractivity contribution is 9.10. The molecule has 0 aliphatic heterocycles. The summed E-state index contributed by atoms with van der Waals surface area (Å²) in [5.74, 6) is 0.606. The van der Waals surface area contributed by atoms with Crippen LogP contribution in [0.3, 0.4) is 0 Å². The van der Waals surface area contributed by atoms with Crippen molar-refractivity contribution in [2.24, 2.45) is 0 Å². The maximum absolute atomic E-state index is 11.5. The molecule has 2 rings (SSSR count). The molecule has 5 nitrogen and oxygen atoms in total. The van der Waals surface area contributed by atoms with Crippen LogP contribution >= 0.6 is 26.6 Å². The highest BCUT2D eigenvalue weighted by Crippen LogP contribution is 2.30. The molecule has 1 aromatic carbocycles. The van der Waals surface area contributed by atoms with Gasteiger partial charge in [-0.3, -0.25) is 0 Å². The Kier molecular flexibility index (Phi) is 4.38. The van der Waals surface area contributed by atoms with Crippen molar-refractivity contribution in [3.63, 3.8) is 0 Å². The Bertz CT molecular complexity index is 680. The van der Waals surface area contributed by atoms with Crippen LogP contribution < -0.4 is 4.74 Å². The van der Waals surface area contributed by atoms with E-state index in [0.717, 1.165) is 0 Å². The van der Waals surface area contributed by atoms with Gasteiger partial charge in [-0.15, -0.1) is 0 Å². The van der Waals surface area contributed by atoms with Crippen LogP contribution in [0.1, 0.15) is 5.82 Å². The minimum Gasteiger partial charge on any atom is -0.484 e. The van der Waals surface area contributed by atoms with Crippen molar-refractivity contribution in [2.45, 2.75) is 11.5 Å². The first-order valence-corrected chi connectivity index (χ1v) is 8.20. The molecule has 0 aliphatic rings. The molecule has 0 amide bonds. The third-order valence-corrected chi connectivity index (χ3v) is 3.98. The molecule has 0 fully saturated rings. The van der Waals surface area contributed by atoms with Crippen LogP contribution in [0.15, 0.2) is 46.0 Å². The van der Waals surface area contributed by atoms with Gasteiger partial charge in [0.2, 0.25) is 0 Å². The highest BCUT2D eigenvalue weighted by atomic mass is 79.9. The molecule has 0 saturated carbocycles. The molecule has 0 atom stereocenters. The van der Waals surface area contributed by atoms with E-state index in [1.807, 2.05) is 0 Å². The Morgan fingerprint density at radius 1 is 1.26 bits per heavy atom. The van der Waals surface area contributed by atoms with Gasteiger partial charge in [0.05, 0.1) is 0 Å². The number of nitrogens with zero attached hydrogens (tertiary/aromatic N) is 2. The van der Waals surface area contributed by atoms with Crippen molar-refractivity contribution in [3.05, 3.63) is 47.0 Å². The van der Waals surface area contributed by atoms with Gasteiger partial charge < -0.3 is 4.74 Å². The second-order valence-corrected chi connectivity index (χ2v) is 6.93. The van der Waals surface area contributed by atoms with E-state index < -0.39 is 9.05 Å². The molecule has 0 aliphatic carbocycles. The summed E-state index contributed by atoms with van der Waals surface area (Å²) >= 11 is 3.18. The average molecular weight is 364 g/mol. The largest absolute Gasteiger partial charge is 0.484 e. The fraction of sp³-hybridized carbons (Fsp3) is 0.0909. The van der Waals surface area contributed by atoms with Gasteiger partial charge in [0.15, 0.2) is 5.82 Å². The monoisotopic (exact) mass is 362 g/mol. The van der Waals surface area contributed by atoms with Gasteiger partial charge in [0, 0.05) is 27.5 Å². The Morgan fingerprint density at radius 2 is 1.95 bits per heavy atom. The third kappa shape index (κ3) is 3.89. The summed E-state index contributed by atoms with van der Waals surface area (Å²) < 4.78 is 28.9. The first kappa shape index (κ1) is 14.2. The van der Waals surface area contributed by atoms with Gasteiger partial charge in [-0.2, -0.15) is 0 Å². The van der Waals surface area contributed by atoms with E-state index in [2.05, 4.69) is 25.9 Å². The van der Waals surface area contributed by atoms with Crippen LogP contribution in [0.5, 0.6) is 5.75 Å². The van der Waals surface area contributed by atoms with Gasteiger partial charge in [-0.25, -0.2) is 18.4 Å². The lowest BCUT2D eigenvalue weighted by molar-refractivity contribution is 0.288. The summed E-state index contributed by atoms with van der Waals surface area (Å²) in [6, 6.07) is 6.23. The Hall–Kier alpha value is -1.18. The molecule has 0 saturated heterocycles. The molecular weight excluding hydrogens is 356 g/mol. The maximum atomic E-state index is 11.5. The zero-order chi connectivity index (χ0) is 13.9. The molecular formula is C11H8BrClN2O3S. The Morgan fingerprint density at radius 3 is 2.58 bits per heavy atom. The van der Waals surface area contributed by atoms with E-state index in [1.165, 1.54) is 12.1 Å². The molecule has 100 valence electrons. The summed E-state index contributed by atoms with van der Waals surface area (Å²) in [5.41, 5.74) is 0. The zero-order valence-electron chi connectivity index (χ0n) is 9.45. The lowest BCUT2D eigenvalue weighted by Crippen LogP contribution is -2.03. The Labute approximate surface area is 123 Å². The van der Waals surface area contributed by atoms with Crippen molar-refractivity contribution >= 4 is 35.7 Å². The van der Waals surface area contributed by atoms with Crippen LogP contribution in [0, 0.1) is 0 Å². The summed E-state index contributed by atoms with van der Waals surface area (Å²) in [4.78, 5) is 7.85. The predicted molar refractivity (Wildman–Crippen MR) is 73.5 cm³/mol. The SMILES string of the molecule is O=S(=O)(Cl)c1cc(Br)ccc1OCc1ncccn1. The van der Waals surface area contributed by atoms with Crippen LogP contribution in [0.4, 0.5) is 0 Å². The molecule has 0 N–H and O–H groups in total. The molecule has 0 unspecified atom stereocenters. The van der Waals surface area contributed by atoms with Gasteiger partial charge >= 0.3 is 0 Å². The number of benzene rings is 1. The smallest absolute Gasteiger partial charge is 0.265 e. The fourth-order valence-electron chi connectivity index (χ4n) is 1.34. The normalized spacial score (nSPS) is 11.3. The number of rotatable bonds is 4. The lowest BCUT2D eigenvalue weighted by Gasteiger charge is -2.09. The summed E-state index contributed by atoms with van der Waals surface area (Å²) in [6.07, 6.45) is 3.15. The number of aromatic nitrogens is 2. The van der Waals surface area contributed by atoms with Crippen molar-refractivity contribution < 1.29 is 13.2 Å². The van der Waals surface area contributed by atoms with E-state index in [4.69, 9.17) is 15.4 Å². The number of ether oxygens (including phenoxy) is 1. The third-order valence-electron chi connectivity index (χ3n) is 2.14. The summed E-state index contributed by atoms with van der Waals surface area (Å²) in [5, 5.41) is 0. The first-order chi connectivity index (χ1) is 8.97. The molecule has 19 heavy (non-hydrogen) atoms. The Balaban J connectivity index is 2.26.